The van der Waals surface area contributed by atoms with Gasteiger partial charge in [-0.25, -0.2) is 15.0 Å². The number of aromatic nitrogens is 4. The van der Waals surface area contributed by atoms with Crippen molar-refractivity contribution in [2.24, 2.45) is 0 Å². The Balaban J connectivity index is 1.79. The Hall–Kier alpha value is -2.67. The van der Waals surface area contributed by atoms with Gasteiger partial charge in [0.15, 0.2) is 10.8 Å². The Morgan fingerprint density at radius 1 is 1.13 bits per heavy atom. The zero-order valence-corrected chi connectivity index (χ0v) is 13.5. The average molecular weight is 325 g/mol. The highest BCUT2D eigenvalue weighted by Gasteiger charge is 2.19. The zero-order chi connectivity index (χ0) is 16.2. The van der Waals surface area contributed by atoms with Crippen molar-refractivity contribution in [3.8, 4) is 10.8 Å². The molecule has 116 valence electrons. The number of amides is 1. The van der Waals surface area contributed by atoms with Gasteiger partial charge in [-0.2, -0.15) is 0 Å². The van der Waals surface area contributed by atoms with E-state index >= 15 is 0 Å². The fourth-order valence-corrected chi connectivity index (χ4v) is 3.00. The topological polar surface area (TPSA) is 80.7 Å². The number of rotatable bonds is 4. The number of hydrogen-bond acceptors (Lipinski definition) is 6. The van der Waals surface area contributed by atoms with Crippen LogP contribution >= 0.6 is 11.3 Å². The minimum Gasteiger partial charge on any atom is -0.343 e. The van der Waals surface area contributed by atoms with Crippen molar-refractivity contribution in [2.45, 2.75) is 19.9 Å². The second-order valence-electron chi connectivity index (χ2n) is 4.96. The molecule has 1 amide bonds. The maximum atomic E-state index is 12.5. The summed E-state index contributed by atoms with van der Waals surface area (Å²) in [6.07, 6.45) is 5.02. The first-order valence-corrected chi connectivity index (χ1v) is 7.93. The van der Waals surface area contributed by atoms with Crippen LogP contribution in [0.3, 0.4) is 0 Å². The van der Waals surface area contributed by atoms with Crippen molar-refractivity contribution in [2.75, 3.05) is 0 Å². The number of thiazole rings is 1. The summed E-state index contributed by atoms with van der Waals surface area (Å²) in [7, 11) is 0. The van der Waals surface area contributed by atoms with E-state index in [1.165, 1.54) is 11.3 Å². The van der Waals surface area contributed by atoms with Crippen molar-refractivity contribution in [3.05, 3.63) is 59.1 Å². The van der Waals surface area contributed by atoms with Crippen molar-refractivity contribution in [1.82, 2.24) is 25.3 Å². The Morgan fingerprint density at radius 2 is 1.87 bits per heavy atom. The molecule has 0 spiro atoms. The van der Waals surface area contributed by atoms with Gasteiger partial charge in [0.2, 0.25) is 0 Å². The van der Waals surface area contributed by atoms with Crippen LogP contribution in [0, 0.1) is 6.92 Å². The number of carbonyl (C=O) groups is 1. The van der Waals surface area contributed by atoms with Gasteiger partial charge >= 0.3 is 0 Å². The van der Waals surface area contributed by atoms with E-state index in [-0.39, 0.29) is 11.9 Å². The van der Waals surface area contributed by atoms with Gasteiger partial charge in [0, 0.05) is 18.6 Å². The normalized spacial score (nSPS) is 11.9. The first-order valence-electron chi connectivity index (χ1n) is 7.12. The molecule has 3 rings (SSSR count). The van der Waals surface area contributed by atoms with E-state index in [9.17, 15) is 4.79 Å². The maximum absolute atomic E-state index is 12.5. The fourth-order valence-electron chi connectivity index (χ4n) is 2.08. The molecule has 23 heavy (non-hydrogen) atoms. The third-order valence-corrected chi connectivity index (χ3v) is 4.39. The van der Waals surface area contributed by atoms with Crippen LogP contribution in [0.25, 0.3) is 10.8 Å². The van der Waals surface area contributed by atoms with Crippen molar-refractivity contribution in [3.63, 3.8) is 0 Å². The number of carbonyl (C=O) groups excluding carboxylic acids is 1. The predicted octanol–water partition coefficient (Wildman–Crippen LogP) is 2.79. The minimum atomic E-state index is -0.179. The smallest absolute Gasteiger partial charge is 0.263 e. The van der Waals surface area contributed by atoms with Gasteiger partial charge in [-0.1, -0.05) is 6.07 Å². The van der Waals surface area contributed by atoms with Crippen LogP contribution in [0.2, 0.25) is 0 Å². The number of nitrogens with one attached hydrogen (secondary N) is 1. The molecule has 0 aliphatic carbocycles. The molecule has 1 unspecified atom stereocenters. The standard InChI is InChI=1S/C16H15N5OS/c1-10(12-6-3-4-7-17-12)20-15(22)13-11(2)21-16(23-13)14-18-8-5-9-19-14/h3-10H,1-2H3,(H,20,22). The minimum absolute atomic E-state index is 0.166. The van der Waals surface area contributed by atoms with Crippen LogP contribution in [-0.2, 0) is 0 Å². The number of hydrogen-bond donors (Lipinski definition) is 1. The van der Waals surface area contributed by atoms with Crippen molar-refractivity contribution < 1.29 is 4.79 Å². The van der Waals surface area contributed by atoms with Crippen LogP contribution in [0.5, 0.6) is 0 Å². The number of nitrogens with zero attached hydrogens (tertiary/aromatic N) is 4. The summed E-state index contributed by atoms with van der Waals surface area (Å²) in [5, 5.41) is 3.58. The Bertz CT molecular complexity index is 804. The summed E-state index contributed by atoms with van der Waals surface area (Å²) in [6, 6.07) is 7.19. The Kier molecular flexibility index (Phi) is 4.38. The summed E-state index contributed by atoms with van der Waals surface area (Å²) in [5.41, 5.74) is 1.48. The lowest BCUT2D eigenvalue weighted by atomic mass is 10.2. The van der Waals surface area contributed by atoms with Crippen LogP contribution in [0.15, 0.2) is 42.9 Å². The molecule has 3 heterocycles. The van der Waals surface area contributed by atoms with Gasteiger partial charge in [-0.05, 0) is 32.0 Å². The van der Waals surface area contributed by atoms with Gasteiger partial charge in [-0.15, -0.1) is 11.3 Å². The van der Waals surface area contributed by atoms with Gasteiger partial charge in [0.25, 0.3) is 5.91 Å². The van der Waals surface area contributed by atoms with Crippen LogP contribution in [0.4, 0.5) is 0 Å². The van der Waals surface area contributed by atoms with Crippen LogP contribution < -0.4 is 5.32 Å². The molecule has 6 nitrogen and oxygen atoms in total. The molecular formula is C16H15N5OS. The molecule has 3 aromatic heterocycles. The number of aryl methyl sites for hydroxylation is 1. The highest BCUT2D eigenvalue weighted by atomic mass is 32.1. The zero-order valence-electron chi connectivity index (χ0n) is 12.7. The van der Waals surface area contributed by atoms with Crippen LogP contribution in [0.1, 0.15) is 34.0 Å². The first kappa shape index (κ1) is 15.2. The van der Waals surface area contributed by atoms with Gasteiger partial charge in [-0.3, -0.25) is 9.78 Å². The first-order chi connectivity index (χ1) is 11.1. The molecule has 0 aliphatic heterocycles. The number of pyridine rings is 1. The van der Waals surface area contributed by atoms with E-state index in [4.69, 9.17) is 0 Å². The molecule has 0 saturated carbocycles. The molecule has 7 heteroatoms. The molecule has 0 aliphatic rings. The lowest BCUT2D eigenvalue weighted by Crippen LogP contribution is -2.27. The molecule has 0 radical (unpaired) electrons. The van der Waals surface area contributed by atoms with Gasteiger partial charge < -0.3 is 5.32 Å². The second-order valence-corrected chi connectivity index (χ2v) is 5.95. The Morgan fingerprint density at radius 3 is 2.57 bits per heavy atom. The van der Waals surface area contributed by atoms with Crippen molar-refractivity contribution in [1.29, 1.82) is 0 Å². The summed E-state index contributed by atoms with van der Waals surface area (Å²) in [6.45, 7) is 3.71. The summed E-state index contributed by atoms with van der Waals surface area (Å²) >= 11 is 1.29. The average Bonchev–Trinajstić information content (AvgIpc) is 2.98. The molecule has 0 saturated heterocycles. The largest absolute Gasteiger partial charge is 0.343 e. The fraction of sp³-hybridized carbons (Fsp3) is 0.188. The van der Waals surface area contributed by atoms with Gasteiger partial charge in [0.05, 0.1) is 17.4 Å². The lowest BCUT2D eigenvalue weighted by molar-refractivity contribution is 0.0942. The van der Waals surface area contributed by atoms with Gasteiger partial charge in [0.1, 0.15) is 4.88 Å². The molecule has 0 aromatic carbocycles. The molecule has 3 aromatic rings. The SMILES string of the molecule is Cc1nc(-c2ncccn2)sc1C(=O)NC(C)c1ccccn1. The van der Waals surface area contributed by atoms with E-state index in [1.807, 2.05) is 32.0 Å². The van der Waals surface area contributed by atoms with E-state index in [0.717, 1.165) is 5.69 Å². The third kappa shape index (κ3) is 3.40. The van der Waals surface area contributed by atoms with E-state index in [1.54, 1.807) is 24.7 Å². The second kappa shape index (κ2) is 6.62. The van der Waals surface area contributed by atoms with Crippen LogP contribution in [-0.4, -0.2) is 25.8 Å². The molecule has 0 fully saturated rings. The molecule has 1 atom stereocenters. The third-order valence-electron chi connectivity index (χ3n) is 3.24. The highest BCUT2D eigenvalue weighted by Crippen LogP contribution is 2.25. The summed E-state index contributed by atoms with van der Waals surface area (Å²) < 4.78 is 0. The van der Waals surface area contributed by atoms with E-state index in [2.05, 4.69) is 25.3 Å². The lowest BCUT2D eigenvalue weighted by Gasteiger charge is -2.12. The molecule has 1 N–H and O–H groups in total. The van der Waals surface area contributed by atoms with E-state index in [0.29, 0.717) is 21.4 Å². The quantitative estimate of drug-likeness (QED) is 0.798. The highest BCUT2D eigenvalue weighted by molar-refractivity contribution is 7.17. The summed E-state index contributed by atoms with van der Waals surface area (Å²) in [4.78, 5) is 30.0. The van der Waals surface area contributed by atoms with Crippen molar-refractivity contribution >= 4 is 17.2 Å². The molecule has 0 bridgehead atoms. The monoisotopic (exact) mass is 325 g/mol. The maximum Gasteiger partial charge on any atom is 0.263 e. The summed E-state index contributed by atoms with van der Waals surface area (Å²) in [5.74, 6) is 0.359. The Labute approximate surface area is 137 Å². The van der Waals surface area contributed by atoms with E-state index < -0.39 is 0 Å². The molecular weight excluding hydrogens is 310 g/mol. The predicted molar refractivity (Wildman–Crippen MR) is 88.0 cm³/mol.